The van der Waals surface area contributed by atoms with Gasteiger partial charge in [0.1, 0.15) is 11.4 Å². The molecule has 270 valence electrons. The molecule has 0 unspecified atom stereocenters. The van der Waals surface area contributed by atoms with Gasteiger partial charge in [-0.05, 0) is 63.7 Å². The highest BCUT2D eigenvalue weighted by Crippen LogP contribution is 2.37. The zero-order chi connectivity index (χ0) is 35.1. The average Bonchev–Trinajstić information content (AvgIpc) is 3.21. The van der Waals surface area contributed by atoms with Crippen LogP contribution in [-0.2, 0) is 35.0 Å². The lowest BCUT2D eigenvalue weighted by Gasteiger charge is -2.35. The van der Waals surface area contributed by atoms with E-state index in [1.54, 1.807) is 0 Å². The van der Waals surface area contributed by atoms with Crippen LogP contribution < -0.4 is 16.0 Å². The number of hydrogen-bond acceptors (Lipinski definition) is 11. The Balaban J connectivity index is 1.07. The SMILES string of the molecule is CN1CCN(C2=Nc3cc(Cl)ccc3Nc3ccc(CNC(=O)CCOCCOCCOCCOCCNC(=O)OC(C)(C)C)cc32)CC1. The first-order valence-electron chi connectivity index (χ1n) is 16.8. The average molecular weight is 703 g/mol. The number of halogens is 1. The van der Waals surface area contributed by atoms with E-state index in [0.717, 1.165) is 60.2 Å². The third-order valence-corrected chi connectivity index (χ3v) is 7.81. The first kappa shape index (κ1) is 38.3. The molecule has 0 aliphatic carbocycles. The van der Waals surface area contributed by atoms with Crippen LogP contribution in [0.3, 0.4) is 0 Å². The summed E-state index contributed by atoms with van der Waals surface area (Å²) in [5.41, 5.74) is 4.12. The maximum atomic E-state index is 12.5. The predicted octanol–water partition coefficient (Wildman–Crippen LogP) is 4.32. The molecule has 2 aliphatic heterocycles. The summed E-state index contributed by atoms with van der Waals surface area (Å²) in [7, 11) is 2.13. The molecule has 0 aromatic heterocycles. The Morgan fingerprint density at radius 2 is 1.47 bits per heavy atom. The van der Waals surface area contributed by atoms with Crippen LogP contribution >= 0.6 is 11.6 Å². The Morgan fingerprint density at radius 1 is 0.837 bits per heavy atom. The highest BCUT2D eigenvalue weighted by Gasteiger charge is 2.24. The lowest BCUT2D eigenvalue weighted by atomic mass is 10.1. The lowest BCUT2D eigenvalue weighted by Crippen LogP contribution is -2.47. The molecule has 2 aromatic carbocycles. The summed E-state index contributed by atoms with van der Waals surface area (Å²) in [5, 5.41) is 9.81. The van der Waals surface area contributed by atoms with Gasteiger partial charge in [-0.15, -0.1) is 0 Å². The number of carbonyl (C=O) groups is 2. The molecule has 0 spiro atoms. The molecule has 2 aliphatic rings. The lowest BCUT2D eigenvalue weighted by molar-refractivity contribution is -0.122. The summed E-state index contributed by atoms with van der Waals surface area (Å²) in [5.74, 6) is 0.822. The van der Waals surface area contributed by atoms with Crippen molar-refractivity contribution >= 4 is 46.5 Å². The van der Waals surface area contributed by atoms with E-state index >= 15 is 0 Å². The van der Waals surface area contributed by atoms with Crippen molar-refractivity contribution in [2.45, 2.75) is 39.3 Å². The quantitative estimate of drug-likeness (QED) is 0.205. The third kappa shape index (κ3) is 13.8. The minimum absolute atomic E-state index is 0.0831. The topological polar surface area (TPSA) is 135 Å². The van der Waals surface area contributed by atoms with E-state index in [1.807, 2.05) is 51.1 Å². The second-order valence-electron chi connectivity index (χ2n) is 12.8. The molecule has 0 bridgehead atoms. The fourth-order valence-corrected chi connectivity index (χ4v) is 5.20. The van der Waals surface area contributed by atoms with Crippen molar-refractivity contribution in [2.24, 2.45) is 4.99 Å². The van der Waals surface area contributed by atoms with Crippen molar-refractivity contribution in [2.75, 3.05) is 97.9 Å². The summed E-state index contributed by atoms with van der Waals surface area (Å²) < 4.78 is 27.1. The van der Waals surface area contributed by atoms with E-state index in [1.165, 1.54) is 0 Å². The monoisotopic (exact) mass is 702 g/mol. The van der Waals surface area contributed by atoms with Gasteiger partial charge in [0.25, 0.3) is 0 Å². The second-order valence-corrected chi connectivity index (χ2v) is 13.2. The Morgan fingerprint density at radius 3 is 2.14 bits per heavy atom. The van der Waals surface area contributed by atoms with Crippen LogP contribution in [0.1, 0.15) is 38.3 Å². The van der Waals surface area contributed by atoms with Crippen LogP contribution in [0.25, 0.3) is 0 Å². The molecule has 13 nitrogen and oxygen atoms in total. The maximum Gasteiger partial charge on any atom is 0.407 e. The normalized spacial score (nSPS) is 14.6. The van der Waals surface area contributed by atoms with Crippen LogP contribution in [0.15, 0.2) is 41.4 Å². The number of hydrogen-bond donors (Lipinski definition) is 3. The molecule has 1 saturated heterocycles. The van der Waals surface area contributed by atoms with Crippen LogP contribution in [0.4, 0.5) is 21.9 Å². The fourth-order valence-electron chi connectivity index (χ4n) is 5.03. The summed E-state index contributed by atoms with van der Waals surface area (Å²) in [6.45, 7) is 13.1. The van der Waals surface area contributed by atoms with Crippen LogP contribution in [-0.4, -0.2) is 126 Å². The van der Waals surface area contributed by atoms with Crippen molar-refractivity contribution in [1.82, 2.24) is 20.4 Å². The standard InChI is InChI=1S/C35H51ClN6O7/c1-35(2,3)49-34(44)37-10-16-46-18-20-48-22-21-47-19-17-45-15-9-32(43)38-25-26-5-7-29-28(23-26)33(42-13-11-41(4)12-14-42)40-31-24-27(36)6-8-30(31)39-29/h5-8,23-24,39H,9-22,25H2,1-4H3,(H,37,44)(H,38,43). The van der Waals surface area contributed by atoms with Gasteiger partial charge >= 0.3 is 6.09 Å². The summed E-state index contributed by atoms with van der Waals surface area (Å²) >= 11 is 6.32. The molecule has 49 heavy (non-hydrogen) atoms. The zero-order valence-electron chi connectivity index (χ0n) is 29.1. The van der Waals surface area contributed by atoms with Gasteiger partial charge in [0.15, 0.2) is 0 Å². The highest BCUT2D eigenvalue weighted by molar-refractivity contribution is 6.31. The Bertz CT molecular complexity index is 1400. The van der Waals surface area contributed by atoms with E-state index in [-0.39, 0.29) is 12.3 Å². The minimum Gasteiger partial charge on any atom is -0.444 e. The number of likely N-dealkylation sites (N-methyl/N-ethyl adjacent to an activating group) is 1. The Labute approximate surface area is 294 Å². The van der Waals surface area contributed by atoms with Gasteiger partial charge in [-0.2, -0.15) is 0 Å². The number of nitrogens with zero attached hydrogens (tertiary/aromatic N) is 3. The number of fused-ring (bicyclic) bond motifs is 2. The second kappa shape index (κ2) is 19.7. The van der Waals surface area contributed by atoms with Gasteiger partial charge in [0.05, 0.1) is 64.2 Å². The van der Waals surface area contributed by atoms with Gasteiger partial charge in [0.2, 0.25) is 5.91 Å². The van der Waals surface area contributed by atoms with Crippen LogP contribution in [0, 0.1) is 0 Å². The van der Waals surface area contributed by atoms with Crippen LogP contribution in [0.2, 0.25) is 5.02 Å². The smallest absolute Gasteiger partial charge is 0.407 e. The van der Waals surface area contributed by atoms with E-state index in [4.69, 9.17) is 40.3 Å². The molecule has 0 radical (unpaired) electrons. The summed E-state index contributed by atoms with van der Waals surface area (Å²) in [6, 6.07) is 11.9. The molecular weight excluding hydrogens is 652 g/mol. The molecular formula is C35H51ClN6O7. The summed E-state index contributed by atoms with van der Waals surface area (Å²) in [6.07, 6.45) is -0.204. The van der Waals surface area contributed by atoms with E-state index in [2.05, 4.69) is 38.9 Å². The molecule has 4 rings (SSSR count). The zero-order valence-corrected chi connectivity index (χ0v) is 29.9. The minimum atomic E-state index is -0.524. The summed E-state index contributed by atoms with van der Waals surface area (Å²) in [4.78, 5) is 33.8. The van der Waals surface area contributed by atoms with Gasteiger partial charge in [-0.1, -0.05) is 17.7 Å². The van der Waals surface area contributed by atoms with Crippen molar-refractivity contribution in [3.63, 3.8) is 0 Å². The Hall–Kier alpha value is -3.46. The Kier molecular flexibility index (Phi) is 15.4. The number of aliphatic imine (C=N–C) groups is 1. The molecule has 0 atom stereocenters. The molecule has 3 N–H and O–H groups in total. The molecule has 0 saturated carbocycles. The van der Waals surface area contributed by atoms with E-state index < -0.39 is 11.7 Å². The van der Waals surface area contributed by atoms with Gasteiger partial charge in [-0.3, -0.25) is 4.79 Å². The first-order chi connectivity index (χ1) is 23.6. The third-order valence-electron chi connectivity index (χ3n) is 7.58. The number of alkyl carbamates (subject to hydrolysis) is 1. The number of carbonyl (C=O) groups excluding carboxylic acids is 2. The molecule has 2 aromatic rings. The van der Waals surface area contributed by atoms with E-state index in [0.29, 0.717) is 71.0 Å². The van der Waals surface area contributed by atoms with Gasteiger partial charge in [0, 0.05) is 62.0 Å². The van der Waals surface area contributed by atoms with Crippen molar-refractivity contribution < 1.29 is 33.3 Å². The fraction of sp³-hybridized carbons (Fsp3) is 0.571. The highest BCUT2D eigenvalue weighted by atomic mass is 35.5. The number of benzene rings is 2. The first-order valence-corrected chi connectivity index (χ1v) is 17.2. The molecule has 1 fully saturated rings. The van der Waals surface area contributed by atoms with E-state index in [9.17, 15) is 9.59 Å². The molecule has 14 heteroatoms. The number of amidine groups is 1. The predicted molar refractivity (Wildman–Crippen MR) is 190 cm³/mol. The number of ether oxygens (including phenoxy) is 5. The maximum absolute atomic E-state index is 12.5. The van der Waals surface area contributed by atoms with Crippen LogP contribution in [0.5, 0.6) is 0 Å². The number of nitrogens with one attached hydrogen (secondary N) is 3. The molecule has 2 amide bonds. The number of rotatable bonds is 17. The number of piperazine rings is 1. The van der Waals surface area contributed by atoms with Gasteiger partial charge in [-0.25, -0.2) is 9.79 Å². The van der Waals surface area contributed by atoms with Crippen molar-refractivity contribution in [1.29, 1.82) is 0 Å². The number of amides is 2. The van der Waals surface area contributed by atoms with Gasteiger partial charge < -0.3 is 49.4 Å². The molecule has 2 heterocycles. The number of anilines is 2. The largest absolute Gasteiger partial charge is 0.444 e. The van der Waals surface area contributed by atoms with Crippen molar-refractivity contribution in [3.8, 4) is 0 Å². The van der Waals surface area contributed by atoms with Crippen molar-refractivity contribution in [3.05, 3.63) is 52.5 Å².